The van der Waals surface area contributed by atoms with Crippen LogP contribution >= 0.6 is 0 Å². The summed E-state index contributed by atoms with van der Waals surface area (Å²) in [5, 5.41) is 0. The molecule has 0 amide bonds. The molecule has 0 fully saturated rings. The third kappa shape index (κ3) is 2.53. The fraction of sp³-hybridized carbons (Fsp3) is 0.200. The molecule has 6 heteroatoms. The van der Waals surface area contributed by atoms with E-state index in [0.29, 0.717) is 12.6 Å². The Kier molecular flexibility index (Phi) is 3.93. The third-order valence-corrected chi connectivity index (χ3v) is 1.82. The van der Waals surface area contributed by atoms with E-state index in [-0.39, 0.29) is 22.6 Å². The Balaban J connectivity index is 3.30. The Bertz CT molecular complexity index is 404. The van der Waals surface area contributed by atoms with E-state index < -0.39 is 6.61 Å². The Hall–Kier alpha value is -1.98. The van der Waals surface area contributed by atoms with Crippen LogP contribution < -0.4 is 9.47 Å². The minimum Gasteiger partial charge on any atom is -0.496 e. The smallest absolute Gasteiger partial charge is 0.387 e. The molecule has 0 aliphatic rings. The predicted molar refractivity (Wildman–Crippen MR) is 50.4 cm³/mol. The van der Waals surface area contributed by atoms with E-state index in [2.05, 4.69) is 4.74 Å². The number of ether oxygens (including phenoxy) is 2. The van der Waals surface area contributed by atoms with Gasteiger partial charge in [-0.25, -0.2) is 0 Å². The van der Waals surface area contributed by atoms with E-state index in [9.17, 15) is 18.4 Å². The van der Waals surface area contributed by atoms with Crippen LogP contribution in [0.5, 0.6) is 11.5 Å². The Labute approximate surface area is 89.8 Å². The van der Waals surface area contributed by atoms with Crippen molar-refractivity contribution in [2.45, 2.75) is 6.61 Å². The molecular formula is C10H8F2O4. The van der Waals surface area contributed by atoms with E-state index >= 15 is 0 Å². The molecule has 1 rings (SSSR count). The molecule has 0 aromatic heterocycles. The van der Waals surface area contributed by atoms with Gasteiger partial charge in [0.25, 0.3) is 0 Å². The van der Waals surface area contributed by atoms with Crippen LogP contribution in [-0.4, -0.2) is 26.3 Å². The molecule has 0 saturated heterocycles. The lowest BCUT2D eigenvalue weighted by Crippen LogP contribution is -2.06. The molecule has 0 aliphatic carbocycles. The maximum absolute atomic E-state index is 12.0. The Morgan fingerprint density at radius 3 is 2.25 bits per heavy atom. The van der Waals surface area contributed by atoms with Gasteiger partial charge in [-0.2, -0.15) is 8.78 Å². The highest BCUT2D eigenvalue weighted by Crippen LogP contribution is 2.29. The standard InChI is InChI=1S/C10H8F2O4/c1-15-8-2-6(4-13)3-9(7(8)5-14)16-10(11)12/h2-5,10H,1H3. The summed E-state index contributed by atoms with van der Waals surface area (Å²) < 4.78 is 33.0. The van der Waals surface area contributed by atoms with Crippen molar-refractivity contribution in [3.05, 3.63) is 23.3 Å². The normalized spacial score (nSPS) is 10.0. The quantitative estimate of drug-likeness (QED) is 0.725. The molecule has 0 radical (unpaired) electrons. The van der Waals surface area contributed by atoms with E-state index in [0.717, 1.165) is 6.07 Å². The van der Waals surface area contributed by atoms with Gasteiger partial charge in [-0.3, -0.25) is 9.59 Å². The molecule has 0 heterocycles. The van der Waals surface area contributed by atoms with Crippen molar-refractivity contribution in [3.8, 4) is 11.5 Å². The summed E-state index contributed by atoms with van der Waals surface area (Å²) in [6, 6.07) is 2.31. The average Bonchev–Trinajstić information content (AvgIpc) is 2.27. The largest absolute Gasteiger partial charge is 0.496 e. The van der Waals surface area contributed by atoms with Gasteiger partial charge < -0.3 is 9.47 Å². The van der Waals surface area contributed by atoms with Gasteiger partial charge in [0.1, 0.15) is 17.8 Å². The van der Waals surface area contributed by atoms with Gasteiger partial charge in [-0.15, -0.1) is 0 Å². The van der Waals surface area contributed by atoms with E-state index in [1.165, 1.54) is 13.2 Å². The van der Waals surface area contributed by atoms with Crippen LogP contribution in [0.3, 0.4) is 0 Å². The summed E-state index contributed by atoms with van der Waals surface area (Å²) >= 11 is 0. The molecule has 0 bridgehead atoms. The highest BCUT2D eigenvalue weighted by Gasteiger charge is 2.15. The first-order valence-corrected chi connectivity index (χ1v) is 4.19. The summed E-state index contributed by atoms with van der Waals surface area (Å²) in [6.45, 7) is -3.08. The monoisotopic (exact) mass is 230 g/mol. The average molecular weight is 230 g/mol. The molecule has 0 spiro atoms. The fourth-order valence-corrected chi connectivity index (χ4v) is 1.17. The van der Waals surface area contributed by atoms with E-state index in [1.807, 2.05) is 0 Å². The van der Waals surface area contributed by atoms with Crippen LogP contribution in [0.2, 0.25) is 0 Å². The molecule has 0 unspecified atom stereocenters. The molecule has 4 nitrogen and oxygen atoms in total. The molecule has 0 N–H and O–H groups in total. The molecule has 1 aromatic carbocycles. The van der Waals surface area contributed by atoms with Crippen LogP contribution in [0, 0.1) is 0 Å². The van der Waals surface area contributed by atoms with Crippen molar-refractivity contribution in [1.29, 1.82) is 0 Å². The number of aldehydes is 2. The fourth-order valence-electron chi connectivity index (χ4n) is 1.17. The van der Waals surface area contributed by atoms with Gasteiger partial charge in [-0.1, -0.05) is 0 Å². The number of halogens is 2. The molecule has 0 aliphatic heterocycles. The molecule has 16 heavy (non-hydrogen) atoms. The SMILES string of the molecule is COc1cc(C=O)cc(OC(F)F)c1C=O. The topological polar surface area (TPSA) is 52.6 Å². The van der Waals surface area contributed by atoms with Gasteiger partial charge >= 0.3 is 6.61 Å². The number of methoxy groups -OCH3 is 1. The number of carbonyl (C=O) groups excluding carboxylic acids is 2. The van der Waals surface area contributed by atoms with Crippen LogP contribution in [0.1, 0.15) is 20.7 Å². The van der Waals surface area contributed by atoms with E-state index in [4.69, 9.17) is 4.74 Å². The van der Waals surface area contributed by atoms with Crippen LogP contribution in [0.15, 0.2) is 12.1 Å². The summed E-state index contributed by atoms with van der Waals surface area (Å²) in [6.07, 6.45) is 0.764. The highest BCUT2D eigenvalue weighted by molar-refractivity contribution is 5.87. The molecule has 86 valence electrons. The lowest BCUT2D eigenvalue weighted by Gasteiger charge is -2.11. The lowest BCUT2D eigenvalue weighted by atomic mass is 10.1. The Morgan fingerprint density at radius 2 is 1.81 bits per heavy atom. The second-order valence-corrected chi connectivity index (χ2v) is 2.75. The first-order valence-electron chi connectivity index (χ1n) is 4.19. The maximum Gasteiger partial charge on any atom is 0.387 e. The van der Waals surface area contributed by atoms with Crippen molar-refractivity contribution in [2.75, 3.05) is 7.11 Å². The number of hydrogen-bond donors (Lipinski definition) is 0. The highest BCUT2D eigenvalue weighted by atomic mass is 19.3. The second kappa shape index (κ2) is 5.20. The predicted octanol–water partition coefficient (Wildman–Crippen LogP) is 1.92. The summed E-state index contributed by atoms with van der Waals surface area (Å²) in [7, 11) is 1.25. The zero-order chi connectivity index (χ0) is 12.1. The molecule has 1 aromatic rings. The summed E-state index contributed by atoms with van der Waals surface area (Å²) in [5.74, 6) is -0.373. The van der Waals surface area contributed by atoms with Crippen LogP contribution in [-0.2, 0) is 0 Å². The van der Waals surface area contributed by atoms with E-state index in [1.54, 1.807) is 0 Å². The molecular weight excluding hydrogens is 222 g/mol. The lowest BCUT2D eigenvalue weighted by molar-refractivity contribution is -0.0501. The Morgan fingerprint density at radius 1 is 1.19 bits per heavy atom. The van der Waals surface area contributed by atoms with Crippen molar-refractivity contribution < 1.29 is 27.8 Å². The first-order chi connectivity index (χ1) is 7.62. The van der Waals surface area contributed by atoms with Crippen molar-refractivity contribution in [3.63, 3.8) is 0 Å². The number of rotatable bonds is 5. The number of hydrogen-bond acceptors (Lipinski definition) is 4. The van der Waals surface area contributed by atoms with Crippen molar-refractivity contribution in [2.24, 2.45) is 0 Å². The van der Waals surface area contributed by atoms with Gasteiger partial charge in [0, 0.05) is 5.56 Å². The number of alkyl halides is 2. The number of benzene rings is 1. The zero-order valence-electron chi connectivity index (χ0n) is 8.28. The van der Waals surface area contributed by atoms with Crippen molar-refractivity contribution in [1.82, 2.24) is 0 Å². The first kappa shape index (κ1) is 12.1. The van der Waals surface area contributed by atoms with Crippen LogP contribution in [0.4, 0.5) is 8.78 Å². The minimum absolute atomic E-state index is 0.00949. The van der Waals surface area contributed by atoms with Gasteiger partial charge in [0.15, 0.2) is 6.29 Å². The summed E-state index contributed by atoms with van der Waals surface area (Å²) in [5.41, 5.74) is -0.0773. The van der Waals surface area contributed by atoms with Crippen LogP contribution in [0.25, 0.3) is 0 Å². The maximum atomic E-state index is 12.0. The molecule has 0 saturated carbocycles. The van der Waals surface area contributed by atoms with Gasteiger partial charge in [-0.05, 0) is 12.1 Å². The zero-order valence-corrected chi connectivity index (χ0v) is 8.28. The van der Waals surface area contributed by atoms with Gasteiger partial charge in [0.2, 0.25) is 0 Å². The number of carbonyl (C=O) groups is 2. The van der Waals surface area contributed by atoms with Gasteiger partial charge in [0.05, 0.1) is 12.7 Å². The summed E-state index contributed by atoms with van der Waals surface area (Å²) in [4.78, 5) is 21.2. The minimum atomic E-state index is -3.08. The second-order valence-electron chi connectivity index (χ2n) is 2.75. The van der Waals surface area contributed by atoms with Crippen molar-refractivity contribution >= 4 is 12.6 Å². The third-order valence-electron chi connectivity index (χ3n) is 1.82. The molecule has 0 atom stereocenters.